The molecule has 3 nitrogen and oxygen atoms in total. The van der Waals surface area contributed by atoms with Gasteiger partial charge in [0, 0.05) is 29.8 Å². The lowest BCUT2D eigenvalue weighted by atomic mass is 9.90. The molecule has 1 aromatic rings. The largest absolute Gasteiger partial charge is 0.353 e. The molecule has 0 amide bonds. The number of nitrogens with zero attached hydrogens (tertiary/aromatic N) is 2. The topological polar surface area (TPSA) is 42.2 Å². The molecule has 1 saturated carbocycles. The van der Waals surface area contributed by atoms with Crippen LogP contribution in [0.5, 0.6) is 0 Å². The van der Waals surface area contributed by atoms with Crippen LogP contribution in [0.1, 0.15) is 25.7 Å². The monoisotopic (exact) mass is 301 g/mol. The van der Waals surface area contributed by atoms with Crippen LogP contribution in [0.2, 0.25) is 0 Å². The first-order valence-corrected chi connectivity index (χ1v) is 6.68. The van der Waals surface area contributed by atoms with Crippen molar-refractivity contribution >= 4 is 21.7 Å². The molecule has 0 aromatic carbocycles. The maximum atomic E-state index is 13.8. The van der Waals surface area contributed by atoms with Gasteiger partial charge < -0.3 is 10.6 Å². The molecule has 1 heterocycles. The Hall–Kier alpha value is -0.680. The van der Waals surface area contributed by atoms with Gasteiger partial charge in [0.05, 0.1) is 0 Å². The van der Waals surface area contributed by atoms with Crippen molar-refractivity contribution in [2.45, 2.75) is 37.8 Å². The smallest absolute Gasteiger partial charge is 0.166 e. The Kier molecular flexibility index (Phi) is 3.99. The van der Waals surface area contributed by atoms with Crippen LogP contribution in [-0.2, 0) is 0 Å². The third kappa shape index (κ3) is 2.77. The van der Waals surface area contributed by atoms with E-state index in [4.69, 9.17) is 5.73 Å². The molecule has 0 spiro atoms. The predicted molar refractivity (Wildman–Crippen MR) is 70.5 cm³/mol. The van der Waals surface area contributed by atoms with Crippen LogP contribution in [-0.4, -0.2) is 24.1 Å². The van der Waals surface area contributed by atoms with E-state index in [2.05, 4.69) is 20.9 Å². The number of rotatable bonds is 2. The van der Waals surface area contributed by atoms with E-state index in [0.717, 1.165) is 19.3 Å². The van der Waals surface area contributed by atoms with Crippen LogP contribution < -0.4 is 10.6 Å². The molecular weight excluding hydrogens is 285 g/mol. The summed E-state index contributed by atoms with van der Waals surface area (Å²) in [7, 11) is 1.87. The summed E-state index contributed by atoms with van der Waals surface area (Å²) in [4.78, 5) is 6.02. The molecule has 0 saturated heterocycles. The molecule has 0 radical (unpaired) electrons. The minimum absolute atomic E-state index is 0.110. The molecule has 5 heteroatoms. The number of aromatic nitrogens is 1. The minimum Gasteiger partial charge on any atom is -0.353 e. The highest BCUT2D eigenvalue weighted by Crippen LogP contribution is 2.26. The Morgan fingerprint density at radius 3 is 2.82 bits per heavy atom. The maximum absolute atomic E-state index is 13.8. The van der Waals surface area contributed by atoms with Crippen molar-refractivity contribution in [1.29, 1.82) is 0 Å². The van der Waals surface area contributed by atoms with Crippen LogP contribution in [0.3, 0.4) is 0 Å². The number of anilines is 1. The van der Waals surface area contributed by atoms with Crippen molar-refractivity contribution in [3.8, 4) is 0 Å². The summed E-state index contributed by atoms with van der Waals surface area (Å²) in [6.07, 6.45) is 5.95. The number of hydrogen-bond donors (Lipinski definition) is 1. The summed E-state index contributed by atoms with van der Waals surface area (Å²) in [5.41, 5.74) is 6.10. The lowest BCUT2D eigenvalue weighted by Crippen LogP contribution is -2.48. The first-order chi connectivity index (χ1) is 8.09. The lowest BCUT2D eigenvalue weighted by molar-refractivity contribution is 0.370. The summed E-state index contributed by atoms with van der Waals surface area (Å²) in [6.45, 7) is 0. The Morgan fingerprint density at radius 1 is 1.47 bits per heavy atom. The van der Waals surface area contributed by atoms with Gasteiger partial charge in [0.25, 0.3) is 0 Å². The fourth-order valence-electron chi connectivity index (χ4n) is 2.44. The van der Waals surface area contributed by atoms with Gasteiger partial charge in [-0.15, -0.1) is 0 Å². The first-order valence-electron chi connectivity index (χ1n) is 5.89. The summed E-state index contributed by atoms with van der Waals surface area (Å²) < 4.78 is 14.5. The average Bonchev–Trinajstić information content (AvgIpc) is 2.29. The van der Waals surface area contributed by atoms with Crippen LogP contribution in [0.4, 0.5) is 10.2 Å². The zero-order valence-electron chi connectivity index (χ0n) is 9.87. The molecule has 2 N–H and O–H groups in total. The second-order valence-electron chi connectivity index (χ2n) is 4.59. The first kappa shape index (κ1) is 12.8. The highest BCUT2D eigenvalue weighted by Gasteiger charge is 2.27. The van der Waals surface area contributed by atoms with E-state index in [-0.39, 0.29) is 17.9 Å². The predicted octanol–water partition coefficient (Wildman–Crippen LogP) is 2.69. The highest BCUT2D eigenvalue weighted by atomic mass is 79.9. The molecule has 1 aliphatic carbocycles. The normalized spacial score (nSPS) is 24.7. The Bertz CT molecular complexity index is 399. The maximum Gasteiger partial charge on any atom is 0.166 e. The third-order valence-corrected chi connectivity index (χ3v) is 3.84. The molecule has 94 valence electrons. The number of pyridine rings is 1. The fourth-order valence-corrected chi connectivity index (χ4v) is 2.75. The molecule has 2 rings (SSSR count). The zero-order valence-corrected chi connectivity index (χ0v) is 11.5. The zero-order chi connectivity index (χ0) is 12.4. The molecule has 1 aromatic heterocycles. The highest BCUT2D eigenvalue weighted by molar-refractivity contribution is 9.10. The van der Waals surface area contributed by atoms with Crippen LogP contribution >= 0.6 is 15.9 Å². The summed E-state index contributed by atoms with van der Waals surface area (Å²) in [6, 6.07) is 1.73. The van der Waals surface area contributed by atoms with Gasteiger partial charge in [-0.1, -0.05) is 12.8 Å². The van der Waals surface area contributed by atoms with Crippen LogP contribution in [0.15, 0.2) is 16.7 Å². The van der Waals surface area contributed by atoms with Gasteiger partial charge in [-0.25, -0.2) is 9.37 Å². The summed E-state index contributed by atoms with van der Waals surface area (Å²) >= 11 is 3.21. The molecule has 2 atom stereocenters. The van der Waals surface area contributed by atoms with Gasteiger partial charge in [-0.2, -0.15) is 0 Å². The third-order valence-electron chi connectivity index (χ3n) is 3.40. The molecule has 0 aliphatic heterocycles. The van der Waals surface area contributed by atoms with Gasteiger partial charge >= 0.3 is 0 Å². The fraction of sp³-hybridized carbons (Fsp3) is 0.583. The Balaban J connectivity index is 2.20. The van der Waals surface area contributed by atoms with Gasteiger partial charge in [-0.05, 0) is 34.8 Å². The molecular formula is C12H17BrFN3. The van der Waals surface area contributed by atoms with Crippen LogP contribution in [0, 0.1) is 5.82 Å². The summed E-state index contributed by atoms with van der Waals surface area (Å²) in [5.74, 6) is 0.0789. The lowest BCUT2D eigenvalue weighted by Gasteiger charge is -2.36. The molecule has 1 aliphatic rings. The van der Waals surface area contributed by atoms with Crippen molar-refractivity contribution in [3.63, 3.8) is 0 Å². The molecule has 17 heavy (non-hydrogen) atoms. The number of nitrogens with two attached hydrogens (primary N) is 1. The van der Waals surface area contributed by atoms with E-state index in [1.165, 1.54) is 12.5 Å². The number of halogens is 2. The summed E-state index contributed by atoms with van der Waals surface area (Å²) in [5, 5.41) is 0. The van der Waals surface area contributed by atoms with Gasteiger partial charge in [0.15, 0.2) is 11.6 Å². The molecule has 2 unspecified atom stereocenters. The van der Waals surface area contributed by atoms with Gasteiger partial charge in [-0.3, -0.25) is 0 Å². The van der Waals surface area contributed by atoms with Gasteiger partial charge in [0.2, 0.25) is 0 Å². The van der Waals surface area contributed by atoms with E-state index in [0.29, 0.717) is 10.3 Å². The molecule has 1 fully saturated rings. The standard InChI is InChI=1S/C12H17BrFN3/c1-17(11-5-3-2-4-10(11)15)12-9(14)6-8(13)7-16-12/h6-7,10-11H,2-5,15H2,1H3. The Labute approximate surface area is 109 Å². The minimum atomic E-state index is -0.306. The average molecular weight is 302 g/mol. The van der Waals surface area contributed by atoms with E-state index < -0.39 is 0 Å². The Morgan fingerprint density at radius 2 is 2.18 bits per heavy atom. The van der Waals surface area contributed by atoms with Crippen molar-refractivity contribution in [1.82, 2.24) is 4.98 Å². The van der Waals surface area contributed by atoms with Crippen LogP contribution in [0.25, 0.3) is 0 Å². The van der Waals surface area contributed by atoms with Crippen molar-refractivity contribution in [2.24, 2.45) is 5.73 Å². The van der Waals surface area contributed by atoms with Crippen molar-refractivity contribution in [3.05, 3.63) is 22.6 Å². The van der Waals surface area contributed by atoms with E-state index >= 15 is 0 Å². The second kappa shape index (κ2) is 5.31. The quantitative estimate of drug-likeness (QED) is 0.913. The SMILES string of the molecule is CN(c1ncc(Br)cc1F)C1CCCCC1N. The molecule has 0 bridgehead atoms. The van der Waals surface area contributed by atoms with E-state index in [1.54, 1.807) is 6.20 Å². The number of hydrogen-bond acceptors (Lipinski definition) is 3. The second-order valence-corrected chi connectivity index (χ2v) is 5.50. The van der Waals surface area contributed by atoms with Crippen molar-refractivity contribution < 1.29 is 4.39 Å². The number of likely N-dealkylation sites (N-methyl/N-ethyl adjacent to an activating group) is 1. The van der Waals surface area contributed by atoms with Crippen molar-refractivity contribution in [2.75, 3.05) is 11.9 Å². The van der Waals surface area contributed by atoms with E-state index in [1.807, 2.05) is 11.9 Å². The van der Waals surface area contributed by atoms with Gasteiger partial charge in [0.1, 0.15) is 0 Å². The van der Waals surface area contributed by atoms with E-state index in [9.17, 15) is 4.39 Å².